The van der Waals surface area contributed by atoms with Crippen LogP contribution in [-0.2, 0) is 6.54 Å². The van der Waals surface area contributed by atoms with E-state index in [0.29, 0.717) is 12.1 Å². The zero-order chi connectivity index (χ0) is 12.1. The summed E-state index contributed by atoms with van der Waals surface area (Å²) < 4.78 is 13.3. The first-order chi connectivity index (χ1) is 7.52. The fourth-order valence-electron chi connectivity index (χ4n) is 1.47. The molecule has 0 saturated carbocycles. The molecular formula is C12H18FN3. The molecule has 0 amide bonds. The normalized spacial score (nSPS) is 9.81. The molecule has 3 nitrogen and oxygen atoms in total. The van der Waals surface area contributed by atoms with E-state index < -0.39 is 0 Å². The lowest BCUT2D eigenvalue weighted by atomic mass is 10.2. The first-order valence-electron chi connectivity index (χ1n) is 5.15. The summed E-state index contributed by atoms with van der Waals surface area (Å²) in [5.41, 5.74) is 0.615. The van der Waals surface area contributed by atoms with Gasteiger partial charge in [0, 0.05) is 33.8 Å². The van der Waals surface area contributed by atoms with Gasteiger partial charge in [0.25, 0.3) is 0 Å². The van der Waals surface area contributed by atoms with E-state index in [1.165, 1.54) is 6.07 Å². The molecule has 0 aliphatic heterocycles. The molecule has 0 fully saturated rings. The third-order valence-corrected chi connectivity index (χ3v) is 2.15. The summed E-state index contributed by atoms with van der Waals surface area (Å²) >= 11 is 0. The van der Waals surface area contributed by atoms with Crippen molar-refractivity contribution in [2.24, 2.45) is 4.99 Å². The van der Waals surface area contributed by atoms with Crippen molar-refractivity contribution in [1.29, 1.82) is 0 Å². The number of hydrogen-bond donors (Lipinski definition) is 0. The fourth-order valence-corrected chi connectivity index (χ4v) is 1.47. The summed E-state index contributed by atoms with van der Waals surface area (Å²) in [7, 11) is 7.67. The van der Waals surface area contributed by atoms with E-state index in [2.05, 4.69) is 4.99 Å². The van der Waals surface area contributed by atoms with Gasteiger partial charge in [0.1, 0.15) is 5.82 Å². The predicted octanol–water partition coefficient (Wildman–Crippen LogP) is 1.80. The molecule has 0 saturated heterocycles. The maximum absolute atomic E-state index is 13.3. The van der Waals surface area contributed by atoms with E-state index in [0.717, 1.165) is 5.96 Å². The molecule has 1 rings (SSSR count). The quantitative estimate of drug-likeness (QED) is 0.562. The summed E-state index contributed by atoms with van der Waals surface area (Å²) in [6.07, 6.45) is 0. The van der Waals surface area contributed by atoms with Gasteiger partial charge in [-0.05, 0) is 6.07 Å². The summed E-state index contributed by atoms with van der Waals surface area (Å²) in [6, 6.07) is 6.71. The van der Waals surface area contributed by atoms with Gasteiger partial charge in [-0.15, -0.1) is 0 Å². The Labute approximate surface area is 96.2 Å². The van der Waals surface area contributed by atoms with Crippen LogP contribution >= 0.6 is 0 Å². The van der Waals surface area contributed by atoms with Crippen LogP contribution in [0.1, 0.15) is 5.56 Å². The average molecular weight is 223 g/mol. The number of aliphatic imine (C=N–C) groups is 1. The highest BCUT2D eigenvalue weighted by Gasteiger charge is 2.05. The highest BCUT2D eigenvalue weighted by molar-refractivity contribution is 5.79. The van der Waals surface area contributed by atoms with Gasteiger partial charge in [-0.1, -0.05) is 18.2 Å². The van der Waals surface area contributed by atoms with Crippen LogP contribution < -0.4 is 0 Å². The Morgan fingerprint density at radius 2 is 1.69 bits per heavy atom. The van der Waals surface area contributed by atoms with Crippen LogP contribution in [0.4, 0.5) is 4.39 Å². The first kappa shape index (κ1) is 12.5. The van der Waals surface area contributed by atoms with Gasteiger partial charge in [-0.25, -0.2) is 9.38 Å². The summed E-state index contributed by atoms with van der Waals surface area (Å²) in [6.45, 7) is 0.359. The smallest absolute Gasteiger partial charge is 0.195 e. The van der Waals surface area contributed by atoms with Gasteiger partial charge < -0.3 is 9.80 Å². The summed E-state index contributed by atoms with van der Waals surface area (Å²) in [5, 5.41) is 0. The molecule has 0 N–H and O–H groups in total. The van der Waals surface area contributed by atoms with E-state index in [1.807, 2.05) is 44.1 Å². The van der Waals surface area contributed by atoms with Gasteiger partial charge >= 0.3 is 0 Å². The van der Waals surface area contributed by atoms with Crippen LogP contribution in [-0.4, -0.2) is 44.0 Å². The number of benzene rings is 1. The third-order valence-electron chi connectivity index (χ3n) is 2.15. The van der Waals surface area contributed by atoms with E-state index in [1.54, 1.807) is 12.1 Å². The van der Waals surface area contributed by atoms with E-state index in [4.69, 9.17) is 0 Å². The molecule has 88 valence electrons. The van der Waals surface area contributed by atoms with Crippen molar-refractivity contribution in [2.45, 2.75) is 6.54 Å². The molecule has 0 spiro atoms. The highest BCUT2D eigenvalue weighted by atomic mass is 19.1. The van der Waals surface area contributed by atoms with Gasteiger partial charge in [0.15, 0.2) is 5.96 Å². The largest absolute Gasteiger partial charge is 0.349 e. The van der Waals surface area contributed by atoms with Crippen LogP contribution in [0.5, 0.6) is 0 Å². The number of rotatable bonds is 2. The molecule has 0 atom stereocenters. The van der Waals surface area contributed by atoms with Gasteiger partial charge in [0.05, 0.1) is 6.54 Å². The zero-order valence-corrected chi connectivity index (χ0v) is 10.2. The Bertz CT molecular complexity index is 362. The predicted molar refractivity (Wildman–Crippen MR) is 64.9 cm³/mol. The maximum atomic E-state index is 13.3. The summed E-state index contributed by atoms with van der Waals surface area (Å²) in [4.78, 5) is 8.19. The average Bonchev–Trinajstić information content (AvgIpc) is 2.20. The minimum Gasteiger partial charge on any atom is -0.349 e. The molecule has 1 aromatic carbocycles. The van der Waals surface area contributed by atoms with E-state index >= 15 is 0 Å². The number of guanidine groups is 1. The Hall–Kier alpha value is -1.58. The standard InChI is InChI=1S/C12H18FN3/c1-15(2)12(16(3)4)14-9-10-7-5-6-8-11(10)13/h5-8H,9H2,1-4H3. The first-order valence-corrected chi connectivity index (χ1v) is 5.15. The summed E-state index contributed by atoms with van der Waals surface area (Å²) in [5.74, 6) is 0.617. The molecule has 16 heavy (non-hydrogen) atoms. The van der Waals surface area contributed by atoms with Crippen LogP contribution in [0.3, 0.4) is 0 Å². The van der Waals surface area contributed by atoms with Crippen molar-refractivity contribution in [1.82, 2.24) is 9.80 Å². The highest BCUT2D eigenvalue weighted by Crippen LogP contribution is 2.08. The Morgan fingerprint density at radius 1 is 1.12 bits per heavy atom. The number of hydrogen-bond acceptors (Lipinski definition) is 1. The second-order valence-electron chi connectivity index (χ2n) is 4.00. The number of halogens is 1. The minimum atomic E-state index is -0.205. The topological polar surface area (TPSA) is 18.8 Å². The fraction of sp³-hybridized carbons (Fsp3) is 0.417. The van der Waals surface area contributed by atoms with Crippen LogP contribution in [0.15, 0.2) is 29.3 Å². The lowest BCUT2D eigenvalue weighted by Gasteiger charge is -2.22. The molecule has 1 aromatic rings. The molecular weight excluding hydrogens is 205 g/mol. The van der Waals surface area contributed by atoms with Crippen molar-refractivity contribution >= 4 is 5.96 Å². The van der Waals surface area contributed by atoms with Crippen molar-refractivity contribution in [2.75, 3.05) is 28.2 Å². The van der Waals surface area contributed by atoms with Crippen LogP contribution in [0, 0.1) is 5.82 Å². The molecule has 0 unspecified atom stereocenters. The van der Waals surface area contributed by atoms with E-state index in [9.17, 15) is 4.39 Å². The van der Waals surface area contributed by atoms with Crippen LogP contribution in [0.25, 0.3) is 0 Å². The third kappa shape index (κ3) is 3.22. The molecule has 0 aliphatic carbocycles. The van der Waals surface area contributed by atoms with Crippen molar-refractivity contribution in [3.8, 4) is 0 Å². The molecule has 0 aromatic heterocycles. The Balaban J connectivity index is 2.82. The minimum absolute atomic E-state index is 0.205. The SMILES string of the molecule is CN(C)C(=NCc1ccccc1F)N(C)C. The van der Waals surface area contributed by atoms with Crippen molar-refractivity contribution in [3.63, 3.8) is 0 Å². The Morgan fingerprint density at radius 3 is 2.19 bits per heavy atom. The second-order valence-corrected chi connectivity index (χ2v) is 4.00. The lowest BCUT2D eigenvalue weighted by molar-refractivity contribution is 0.478. The van der Waals surface area contributed by atoms with Crippen molar-refractivity contribution < 1.29 is 4.39 Å². The maximum Gasteiger partial charge on any atom is 0.195 e. The number of nitrogens with zero attached hydrogens (tertiary/aromatic N) is 3. The van der Waals surface area contributed by atoms with E-state index in [-0.39, 0.29) is 5.82 Å². The van der Waals surface area contributed by atoms with Crippen LogP contribution in [0.2, 0.25) is 0 Å². The van der Waals surface area contributed by atoms with Gasteiger partial charge in [-0.2, -0.15) is 0 Å². The molecule has 0 heterocycles. The van der Waals surface area contributed by atoms with Crippen molar-refractivity contribution in [3.05, 3.63) is 35.6 Å². The second kappa shape index (κ2) is 5.49. The van der Waals surface area contributed by atoms with Gasteiger partial charge in [-0.3, -0.25) is 0 Å². The molecule has 0 radical (unpaired) electrons. The Kier molecular flexibility index (Phi) is 4.28. The van der Waals surface area contributed by atoms with Gasteiger partial charge in [0.2, 0.25) is 0 Å². The lowest BCUT2D eigenvalue weighted by Crippen LogP contribution is -2.35. The molecule has 4 heteroatoms. The molecule has 0 bridgehead atoms. The zero-order valence-electron chi connectivity index (χ0n) is 10.2. The molecule has 0 aliphatic rings. The monoisotopic (exact) mass is 223 g/mol.